The highest BCUT2D eigenvalue weighted by Gasteiger charge is 2.30. The molecule has 0 radical (unpaired) electrons. The van der Waals surface area contributed by atoms with Gasteiger partial charge in [0.15, 0.2) is 0 Å². The van der Waals surface area contributed by atoms with Gasteiger partial charge in [-0.05, 0) is 42.0 Å². The molecule has 0 aliphatic rings. The summed E-state index contributed by atoms with van der Waals surface area (Å²) in [7, 11) is -3.90. The zero-order valence-electron chi connectivity index (χ0n) is 20.9. The van der Waals surface area contributed by atoms with Gasteiger partial charge in [0.2, 0.25) is 15.9 Å². The van der Waals surface area contributed by atoms with Gasteiger partial charge in [-0.15, -0.1) is 11.3 Å². The molecule has 0 aliphatic heterocycles. The van der Waals surface area contributed by atoms with Crippen molar-refractivity contribution in [1.82, 2.24) is 9.21 Å². The number of benzene rings is 3. The number of hydrogen-bond acceptors (Lipinski definition) is 4. The Morgan fingerprint density at radius 1 is 0.861 bits per heavy atom. The molecule has 0 spiro atoms. The summed E-state index contributed by atoms with van der Waals surface area (Å²) in [5.41, 5.74) is 1.01. The minimum absolute atomic E-state index is 0.0603. The molecular weight excluding hydrogens is 488 g/mol. The zero-order chi connectivity index (χ0) is 25.7. The van der Waals surface area contributed by atoms with Crippen molar-refractivity contribution in [3.05, 3.63) is 100 Å². The number of sulfonamides is 1. The van der Waals surface area contributed by atoms with E-state index in [1.165, 1.54) is 9.18 Å². The Balaban J connectivity index is 1.66. The van der Waals surface area contributed by atoms with Crippen LogP contribution in [0.1, 0.15) is 29.2 Å². The summed E-state index contributed by atoms with van der Waals surface area (Å²) in [5.74, 6) is -0.153. The monoisotopic (exact) mass is 520 g/mol. The number of carbonyl (C=O) groups is 1. The maximum absolute atomic E-state index is 13.9. The van der Waals surface area contributed by atoms with Crippen LogP contribution < -0.4 is 0 Å². The first-order valence-corrected chi connectivity index (χ1v) is 14.3. The molecule has 1 aromatic heterocycles. The molecular formula is C29H32N2O3S2. The number of rotatable bonds is 10. The van der Waals surface area contributed by atoms with E-state index in [0.717, 1.165) is 15.8 Å². The number of aryl methyl sites for hydroxylation is 1. The number of carbonyl (C=O) groups excluding carboxylic acids is 1. The molecule has 1 heterocycles. The van der Waals surface area contributed by atoms with Crippen molar-refractivity contribution in [3.8, 4) is 0 Å². The second-order valence-electron chi connectivity index (χ2n) is 9.42. The van der Waals surface area contributed by atoms with Crippen molar-refractivity contribution in [2.75, 3.05) is 13.1 Å². The summed E-state index contributed by atoms with van der Waals surface area (Å²) < 4.78 is 29.2. The first-order valence-electron chi connectivity index (χ1n) is 12.1. The quantitative estimate of drug-likeness (QED) is 0.254. The Labute approximate surface area is 218 Å². The lowest BCUT2D eigenvalue weighted by Gasteiger charge is -2.28. The summed E-state index contributed by atoms with van der Waals surface area (Å²) >= 11 is 1.65. The molecule has 36 heavy (non-hydrogen) atoms. The van der Waals surface area contributed by atoms with Gasteiger partial charge in [0.1, 0.15) is 0 Å². The van der Waals surface area contributed by atoms with E-state index in [2.05, 4.69) is 0 Å². The fraction of sp³-hybridized carbons (Fsp3) is 0.276. The summed E-state index contributed by atoms with van der Waals surface area (Å²) in [4.78, 5) is 18.0. The third-order valence-electron chi connectivity index (χ3n) is 5.96. The molecule has 0 N–H and O–H groups in total. The molecule has 3 aromatic carbocycles. The van der Waals surface area contributed by atoms with Crippen molar-refractivity contribution in [3.63, 3.8) is 0 Å². The fourth-order valence-electron chi connectivity index (χ4n) is 4.26. The van der Waals surface area contributed by atoms with Crippen LogP contribution in [0.3, 0.4) is 0 Å². The molecule has 4 rings (SSSR count). The normalized spacial score (nSPS) is 11.9. The first kappa shape index (κ1) is 26.1. The van der Waals surface area contributed by atoms with Gasteiger partial charge in [-0.25, -0.2) is 8.42 Å². The maximum atomic E-state index is 13.9. The van der Waals surface area contributed by atoms with Crippen molar-refractivity contribution < 1.29 is 13.2 Å². The SMILES string of the molecule is Cc1ccc(CN(Cc2ccccc2)C(=O)CN(CC(C)C)S(=O)(=O)c2cccc3ccccc23)s1. The molecule has 0 saturated heterocycles. The zero-order valence-corrected chi connectivity index (χ0v) is 22.6. The minimum atomic E-state index is -3.90. The Hall–Kier alpha value is -3.00. The average Bonchev–Trinajstić information content (AvgIpc) is 3.27. The summed E-state index contributed by atoms with van der Waals surface area (Å²) in [6.07, 6.45) is 0. The third-order valence-corrected chi connectivity index (χ3v) is 8.81. The van der Waals surface area contributed by atoms with Gasteiger partial charge >= 0.3 is 0 Å². The van der Waals surface area contributed by atoms with Crippen molar-refractivity contribution in [2.24, 2.45) is 5.92 Å². The van der Waals surface area contributed by atoms with Gasteiger partial charge in [0, 0.05) is 28.2 Å². The van der Waals surface area contributed by atoms with Gasteiger partial charge in [-0.1, -0.05) is 80.6 Å². The Bertz CT molecular complexity index is 1420. The van der Waals surface area contributed by atoms with E-state index in [4.69, 9.17) is 0 Å². The van der Waals surface area contributed by atoms with Crippen LogP contribution in [0.4, 0.5) is 0 Å². The Morgan fingerprint density at radius 2 is 1.56 bits per heavy atom. The molecule has 0 aliphatic carbocycles. The lowest BCUT2D eigenvalue weighted by Crippen LogP contribution is -2.43. The van der Waals surface area contributed by atoms with Crippen molar-refractivity contribution >= 4 is 38.0 Å². The molecule has 7 heteroatoms. The summed E-state index contributed by atoms with van der Waals surface area (Å²) in [5, 5.41) is 1.52. The average molecular weight is 521 g/mol. The second kappa shape index (κ2) is 11.4. The largest absolute Gasteiger partial charge is 0.332 e. The van der Waals surface area contributed by atoms with Gasteiger partial charge in [-0.3, -0.25) is 4.79 Å². The van der Waals surface area contributed by atoms with E-state index in [-0.39, 0.29) is 29.8 Å². The summed E-state index contributed by atoms with van der Waals surface area (Å²) in [6, 6.07) is 26.6. The Kier molecular flexibility index (Phi) is 8.24. The van der Waals surface area contributed by atoms with Crippen molar-refractivity contribution in [2.45, 2.75) is 38.8 Å². The molecule has 0 atom stereocenters. The molecule has 188 valence electrons. The van der Waals surface area contributed by atoms with E-state index in [0.29, 0.717) is 18.5 Å². The number of thiophene rings is 1. The third kappa shape index (κ3) is 6.22. The van der Waals surface area contributed by atoms with Crippen LogP contribution in [-0.2, 0) is 27.9 Å². The lowest BCUT2D eigenvalue weighted by molar-refractivity contribution is -0.132. The van der Waals surface area contributed by atoms with E-state index in [1.54, 1.807) is 28.4 Å². The minimum Gasteiger partial charge on any atom is -0.332 e. The van der Waals surface area contributed by atoms with Crippen LogP contribution in [0, 0.1) is 12.8 Å². The van der Waals surface area contributed by atoms with Crippen LogP contribution >= 0.6 is 11.3 Å². The van der Waals surface area contributed by atoms with E-state index < -0.39 is 10.0 Å². The maximum Gasteiger partial charge on any atom is 0.244 e. The molecule has 0 saturated carbocycles. The molecule has 1 amide bonds. The van der Waals surface area contributed by atoms with E-state index in [1.807, 2.05) is 93.6 Å². The topological polar surface area (TPSA) is 57.7 Å². The Morgan fingerprint density at radius 3 is 2.25 bits per heavy atom. The molecule has 0 bridgehead atoms. The van der Waals surface area contributed by atoms with Gasteiger partial charge in [-0.2, -0.15) is 4.31 Å². The molecule has 4 aromatic rings. The van der Waals surface area contributed by atoms with Crippen LogP contribution in [0.2, 0.25) is 0 Å². The molecule has 5 nitrogen and oxygen atoms in total. The highest BCUT2D eigenvalue weighted by atomic mass is 32.2. The standard InChI is InChI=1S/C29H32N2O3S2/c1-22(2)18-31(36(33,34)28-15-9-13-25-12-7-8-14-27(25)28)21-29(32)30(19-24-10-5-4-6-11-24)20-26-17-16-23(3)35-26/h4-17,22H,18-21H2,1-3H3. The second-order valence-corrected chi connectivity index (χ2v) is 12.7. The number of nitrogens with zero attached hydrogens (tertiary/aromatic N) is 2. The predicted octanol–water partition coefficient (Wildman–Crippen LogP) is 6.09. The van der Waals surface area contributed by atoms with Crippen LogP contribution in [-0.4, -0.2) is 36.6 Å². The van der Waals surface area contributed by atoms with Crippen LogP contribution in [0.5, 0.6) is 0 Å². The first-order chi connectivity index (χ1) is 17.2. The van der Waals surface area contributed by atoms with Gasteiger partial charge in [0.05, 0.1) is 18.0 Å². The van der Waals surface area contributed by atoms with E-state index >= 15 is 0 Å². The lowest BCUT2D eigenvalue weighted by atomic mass is 10.1. The van der Waals surface area contributed by atoms with E-state index in [9.17, 15) is 13.2 Å². The smallest absolute Gasteiger partial charge is 0.244 e. The number of amides is 1. The highest BCUT2D eigenvalue weighted by molar-refractivity contribution is 7.89. The highest BCUT2D eigenvalue weighted by Crippen LogP contribution is 2.27. The van der Waals surface area contributed by atoms with Crippen LogP contribution in [0.25, 0.3) is 10.8 Å². The number of fused-ring (bicyclic) bond motifs is 1. The van der Waals surface area contributed by atoms with Gasteiger partial charge < -0.3 is 4.90 Å². The molecule has 0 unspecified atom stereocenters. The van der Waals surface area contributed by atoms with Crippen LogP contribution in [0.15, 0.2) is 89.8 Å². The fourth-order valence-corrected chi connectivity index (χ4v) is 6.93. The van der Waals surface area contributed by atoms with Gasteiger partial charge in [0.25, 0.3) is 0 Å². The summed E-state index contributed by atoms with van der Waals surface area (Å²) in [6.45, 7) is 6.88. The predicted molar refractivity (Wildman–Crippen MR) is 147 cm³/mol. The van der Waals surface area contributed by atoms with Crippen molar-refractivity contribution in [1.29, 1.82) is 0 Å². The molecule has 0 fully saturated rings. The number of hydrogen-bond donors (Lipinski definition) is 0.